The number of hydrogen-bond donors (Lipinski definition) is 0. The average Bonchev–Trinajstić information content (AvgIpc) is 3.03. The van der Waals surface area contributed by atoms with E-state index in [1.54, 1.807) is 12.1 Å². The molecule has 1 atom stereocenters. The Labute approximate surface area is 139 Å². The molecule has 0 spiro atoms. The summed E-state index contributed by atoms with van der Waals surface area (Å²) in [5.74, 6) is 1.89. The van der Waals surface area contributed by atoms with E-state index < -0.39 is 29.6 Å². The summed E-state index contributed by atoms with van der Waals surface area (Å²) < 4.78 is 15.6. The maximum Gasteiger partial charge on any atom is 0.325 e. The molecule has 122 valence electrons. The first-order valence-electron chi connectivity index (χ1n) is 7.52. The lowest BCUT2D eigenvalue weighted by Gasteiger charge is -2.34. The molecule has 0 amide bonds. The van der Waals surface area contributed by atoms with E-state index in [1.165, 1.54) is 20.1 Å². The van der Waals surface area contributed by atoms with E-state index >= 15 is 0 Å². The van der Waals surface area contributed by atoms with E-state index in [2.05, 4.69) is 11.8 Å². The first-order valence-corrected chi connectivity index (χ1v) is 7.52. The minimum Gasteiger partial charge on any atom is -0.456 e. The molecule has 1 aliphatic heterocycles. The van der Waals surface area contributed by atoms with Gasteiger partial charge < -0.3 is 13.9 Å². The zero-order chi connectivity index (χ0) is 17.2. The number of carbonyl (C=O) groups is 2. The van der Waals surface area contributed by atoms with Gasteiger partial charge in [-0.1, -0.05) is 36.3 Å². The largest absolute Gasteiger partial charge is 0.456 e. The zero-order valence-corrected chi connectivity index (χ0v) is 13.3. The molecule has 1 unspecified atom stereocenters. The van der Waals surface area contributed by atoms with Crippen molar-refractivity contribution in [3.05, 3.63) is 60.1 Å². The fourth-order valence-corrected chi connectivity index (χ4v) is 2.52. The number of carbonyl (C=O) groups excluding carboxylic acids is 2. The molecular weight excluding hydrogens is 308 g/mol. The molecule has 2 heterocycles. The van der Waals surface area contributed by atoms with Gasteiger partial charge in [0.1, 0.15) is 0 Å². The van der Waals surface area contributed by atoms with Gasteiger partial charge in [-0.05, 0) is 23.6 Å². The lowest BCUT2D eigenvalue weighted by Crippen LogP contribution is -2.48. The molecule has 1 aromatic carbocycles. The fourth-order valence-electron chi connectivity index (χ4n) is 2.52. The van der Waals surface area contributed by atoms with Crippen molar-refractivity contribution in [2.24, 2.45) is 5.92 Å². The van der Waals surface area contributed by atoms with Crippen LogP contribution in [-0.2, 0) is 19.1 Å². The Kier molecular flexibility index (Phi) is 4.13. The topological polar surface area (TPSA) is 65.7 Å². The molecular formula is C19H16O5. The number of rotatable bonds is 2. The normalized spacial score (nSPS) is 18.1. The Bertz CT molecular complexity index is 773. The Hall–Kier alpha value is -3.00. The summed E-state index contributed by atoms with van der Waals surface area (Å²) in [6, 6.07) is 12.5. The van der Waals surface area contributed by atoms with Crippen LogP contribution in [0.5, 0.6) is 0 Å². The van der Waals surface area contributed by atoms with Gasteiger partial charge in [-0.15, -0.1) is 0 Å². The van der Waals surface area contributed by atoms with Crippen molar-refractivity contribution in [2.45, 2.75) is 25.6 Å². The molecule has 1 saturated heterocycles. The Morgan fingerprint density at radius 2 is 1.67 bits per heavy atom. The highest BCUT2D eigenvalue weighted by molar-refractivity contribution is 5.98. The molecule has 2 aromatic rings. The van der Waals surface area contributed by atoms with Crippen LogP contribution in [0.2, 0.25) is 0 Å². The van der Waals surface area contributed by atoms with Gasteiger partial charge in [0.15, 0.2) is 11.7 Å². The Morgan fingerprint density at radius 1 is 1.00 bits per heavy atom. The van der Waals surface area contributed by atoms with Crippen molar-refractivity contribution in [1.29, 1.82) is 0 Å². The minimum absolute atomic E-state index is 0.453. The number of esters is 2. The van der Waals surface area contributed by atoms with Gasteiger partial charge in [0.05, 0.1) is 12.2 Å². The van der Waals surface area contributed by atoms with Crippen LogP contribution < -0.4 is 0 Å². The Balaban J connectivity index is 1.99. The van der Waals surface area contributed by atoms with Gasteiger partial charge in [0.25, 0.3) is 5.79 Å². The standard InChI is InChI=1S/C19H16O5/c1-19(2)23-17(20)16(18(21)24-19)15(13-7-4-3-5-8-13)11-10-14-9-6-12-22-14/h3-9,12,15-16H,1-2H3. The summed E-state index contributed by atoms with van der Waals surface area (Å²) >= 11 is 0. The van der Waals surface area contributed by atoms with Gasteiger partial charge >= 0.3 is 11.9 Å². The van der Waals surface area contributed by atoms with Crippen LogP contribution in [0.4, 0.5) is 0 Å². The van der Waals surface area contributed by atoms with Crippen LogP contribution >= 0.6 is 0 Å². The molecule has 0 aliphatic carbocycles. The van der Waals surface area contributed by atoms with Gasteiger partial charge in [-0.25, -0.2) is 0 Å². The smallest absolute Gasteiger partial charge is 0.325 e. The number of benzene rings is 1. The Morgan fingerprint density at radius 3 is 2.25 bits per heavy atom. The summed E-state index contributed by atoms with van der Waals surface area (Å²) in [5.41, 5.74) is 0.732. The van der Waals surface area contributed by atoms with Gasteiger partial charge in [-0.3, -0.25) is 9.59 Å². The summed E-state index contributed by atoms with van der Waals surface area (Å²) in [4.78, 5) is 24.8. The van der Waals surface area contributed by atoms with Crippen molar-refractivity contribution in [3.8, 4) is 11.8 Å². The third kappa shape index (κ3) is 3.33. The highest BCUT2D eigenvalue weighted by atomic mass is 16.7. The molecule has 1 aromatic heterocycles. The van der Waals surface area contributed by atoms with Crippen molar-refractivity contribution in [2.75, 3.05) is 0 Å². The third-order valence-corrected chi connectivity index (χ3v) is 3.56. The summed E-state index contributed by atoms with van der Waals surface area (Å²) in [7, 11) is 0. The second-order valence-corrected chi connectivity index (χ2v) is 5.85. The van der Waals surface area contributed by atoms with Crippen LogP contribution in [0.25, 0.3) is 0 Å². The molecule has 5 heteroatoms. The van der Waals surface area contributed by atoms with E-state index in [9.17, 15) is 9.59 Å². The highest BCUT2D eigenvalue weighted by Gasteiger charge is 2.47. The van der Waals surface area contributed by atoms with Crippen molar-refractivity contribution in [3.63, 3.8) is 0 Å². The number of ether oxygens (including phenoxy) is 2. The molecule has 5 nitrogen and oxygen atoms in total. The van der Waals surface area contributed by atoms with Crippen molar-refractivity contribution < 1.29 is 23.5 Å². The van der Waals surface area contributed by atoms with Crippen molar-refractivity contribution in [1.82, 2.24) is 0 Å². The monoisotopic (exact) mass is 324 g/mol. The SMILES string of the molecule is CC1(C)OC(=O)C(C(C#Cc2ccco2)c2ccccc2)C(=O)O1. The van der Waals surface area contributed by atoms with E-state index in [4.69, 9.17) is 13.9 Å². The summed E-state index contributed by atoms with van der Waals surface area (Å²) in [5, 5.41) is 0. The number of hydrogen-bond acceptors (Lipinski definition) is 5. The molecule has 1 fully saturated rings. The molecule has 0 radical (unpaired) electrons. The summed E-state index contributed by atoms with van der Waals surface area (Å²) in [6.45, 7) is 3.04. The molecule has 0 saturated carbocycles. The van der Waals surface area contributed by atoms with Crippen LogP contribution in [0.1, 0.15) is 31.1 Å². The van der Waals surface area contributed by atoms with E-state index in [0.29, 0.717) is 5.76 Å². The molecule has 24 heavy (non-hydrogen) atoms. The summed E-state index contributed by atoms with van der Waals surface area (Å²) in [6.07, 6.45) is 1.51. The maximum atomic E-state index is 12.4. The molecule has 3 rings (SSSR count). The fraction of sp³-hybridized carbons (Fsp3) is 0.263. The second kappa shape index (κ2) is 6.25. The lowest BCUT2D eigenvalue weighted by molar-refractivity contribution is -0.240. The first kappa shape index (κ1) is 15.9. The van der Waals surface area contributed by atoms with Crippen LogP contribution in [0, 0.1) is 17.8 Å². The highest BCUT2D eigenvalue weighted by Crippen LogP contribution is 2.33. The average molecular weight is 324 g/mol. The van der Waals surface area contributed by atoms with E-state index in [1.807, 2.05) is 30.3 Å². The van der Waals surface area contributed by atoms with Crippen LogP contribution in [0.3, 0.4) is 0 Å². The predicted molar refractivity (Wildman–Crippen MR) is 84.5 cm³/mol. The molecule has 1 aliphatic rings. The zero-order valence-electron chi connectivity index (χ0n) is 13.3. The number of cyclic esters (lactones) is 2. The molecule has 0 N–H and O–H groups in total. The minimum atomic E-state index is -1.26. The van der Waals surface area contributed by atoms with E-state index in [-0.39, 0.29) is 0 Å². The van der Waals surface area contributed by atoms with E-state index in [0.717, 1.165) is 5.56 Å². The third-order valence-electron chi connectivity index (χ3n) is 3.56. The van der Waals surface area contributed by atoms with Crippen molar-refractivity contribution >= 4 is 11.9 Å². The predicted octanol–water partition coefficient (Wildman–Crippen LogP) is 2.87. The maximum absolute atomic E-state index is 12.4. The number of furan rings is 1. The second-order valence-electron chi connectivity index (χ2n) is 5.85. The van der Waals surface area contributed by atoms with Gasteiger partial charge in [-0.2, -0.15) is 0 Å². The van der Waals surface area contributed by atoms with Gasteiger partial charge in [0.2, 0.25) is 0 Å². The van der Waals surface area contributed by atoms with Gasteiger partial charge in [0, 0.05) is 13.8 Å². The van der Waals surface area contributed by atoms with Crippen LogP contribution in [0.15, 0.2) is 53.1 Å². The molecule has 0 bridgehead atoms. The first-order chi connectivity index (χ1) is 11.5. The lowest BCUT2D eigenvalue weighted by atomic mass is 9.85. The quantitative estimate of drug-likeness (QED) is 0.483. The van der Waals surface area contributed by atoms with Crippen LogP contribution in [-0.4, -0.2) is 17.7 Å².